The number of nitrogens with one attached hydrogen (secondary N) is 1. The van der Waals surface area contributed by atoms with Crippen molar-refractivity contribution in [3.8, 4) is 11.5 Å². The second-order valence-corrected chi connectivity index (χ2v) is 7.21. The summed E-state index contributed by atoms with van der Waals surface area (Å²) >= 11 is 0. The molecule has 1 N–H and O–H groups in total. The van der Waals surface area contributed by atoms with Gasteiger partial charge in [-0.25, -0.2) is 0 Å². The number of benzene rings is 1. The molecule has 0 atom stereocenters. The summed E-state index contributed by atoms with van der Waals surface area (Å²) in [6.07, 6.45) is 7.00. The topological polar surface area (TPSA) is 50.8 Å². The van der Waals surface area contributed by atoms with Gasteiger partial charge in [-0.3, -0.25) is 9.69 Å². The van der Waals surface area contributed by atoms with Crippen molar-refractivity contribution in [2.24, 2.45) is 0 Å². The molecule has 1 aliphatic carbocycles. The fourth-order valence-corrected chi connectivity index (χ4v) is 4.14. The Morgan fingerprint density at radius 1 is 1.08 bits per heavy atom. The van der Waals surface area contributed by atoms with Gasteiger partial charge >= 0.3 is 0 Å². The molecule has 0 aromatic heterocycles. The lowest BCUT2D eigenvalue weighted by atomic mass is 9.89. The van der Waals surface area contributed by atoms with E-state index in [1.54, 1.807) is 0 Å². The van der Waals surface area contributed by atoms with Gasteiger partial charge < -0.3 is 14.8 Å². The first-order chi connectivity index (χ1) is 11.8. The number of piperidine rings is 1. The highest BCUT2D eigenvalue weighted by Gasteiger charge is 2.25. The lowest BCUT2D eigenvalue weighted by Crippen LogP contribution is -2.43. The van der Waals surface area contributed by atoms with Crippen LogP contribution in [0.5, 0.6) is 11.5 Å². The summed E-state index contributed by atoms with van der Waals surface area (Å²) in [5, 5.41) is 3.19. The standard InChI is InChI=1S/C19H26N2O3/c22-19(20-16-3-1-2-4-16)12-21-9-7-14(8-10-21)15-5-6-17-18(11-15)24-13-23-17/h5-6,11,14,16H,1-4,7-10,12-13H2,(H,20,22). The van der Waals surface area contributed by atoms with Crippen molar-refractivity contribution in [3.63, 3.8) is 0 Å². The number of fused-ring (bicyclic) bond motifs is 1. The number of nitrogens with zero attached hydrogens (tertiary/aromatic N) is 1. The lowest BCUT2D eigenvalue weighted by molar-refractivity contribution is -0.123. The molecule has 1 saturated heterocycles. The Balaban J connectivity index is 1.26. The molecule has 2 heterocycles. The molecule has 0 unspecified atom stereocenters. The maximum atomic E-state index is 12.2. The molecule has 1 aromatic rings. The number of ether oxygens (including phenoxy) is 2. The Bertz CT molecular complexity index is 590. The van der Waals surface area contributed by atoms with Gasteiger partial charge in [-0.1, -0.05) is 18.9 Å². The number of amides is 1. The van der Waals surface area contributed by atoms with Crippen LogP contribution in [-0.4, -0.2) is 43.3 Å². The van der Waals surface area contributed by atoms with Crippen molar-refractivity contribution in [2.45, 2.75) is 50.5 Å². The number of carbonyl (C=O) groups is 1. The minimum absolute atomic E-state index is 0.198. The van der Waals surface area contributed by atoms with Crippen molar-refractivity contribution in [3.05, 3.63) is 23.8 Å². The largest absolute Gasteiger partial charge is 0.454 e. The molecule has 130 valence electrons. The first-order valence-electron chi connectivity index (χ1n) is 9.19. The molecular formula is C19H26N2O3. The van der Waals surface area contributed by atoms with Gasteiger partial charge in [0.05, 0.1) is 6.54 Å². The molecule has 5 heteroatoms. The zero-order valence-corrected chi connectivity index (χ0v) is 14.1. The van der Waals surface area contributed by atoms with E-state index in [-0.39, 0.29) is 5.91 Å². The van der Waals surface area contributed by atoms with Crippen molar-refractivity contribution >= 4 is 5.91 Å². The predicted molar refractivity (Wildman–Crippen MR) is 91.4 cm³/mol. The highest BCUT2D eigenvalue weighted by atomic mass is 16.7. The Labute approximate surface area is 143 Å². The van der Waals surface area contributed by atoms with Gasteiger partial charge in [-0.15, -0.1) is 0 Å². The number of hydrogen-bond acceptors (Lipinski definition) is 4. The molecular weight excluding hydrogens is 304 g/mol. The molecule has 0 radical (unpaired) electrons. The molecule has 4 rings (SSSR count). The zero-order valence-electron chi connectivity index (χ0n) is 14.1. The van der Waals surface area contributed by atoms with E-state index in [2.05, 4.69) is 22.3 Å². The van der Waals surface area contributed by atoms with Crippen LogP contribution >= 0.6 is 0 Å². The Morgan fingerprint density at radius 2 is 1.83 bits per heavy atom. The minimum atomic E-state index is 0.198. The van der Waals surface area contributed by atoms with Gasteiger partial charge in [0.15, 0.2) is 11.5 Å². The number of likely N-dealkylation sites (tertiary alicyclic amines) is 1. The molecule has 1 aromatic carbocycles. The van der Waals surface area contributed by atoms with Crippen molar-refractivity contribution in [2.75, 3.05) is 26.4 Å². The van der Waals surface area contributed by atoms with Crippen LogP contribution in [0.1, 0.15) is 50.0 Å². The van der Waals surface area contributed by atoms with Gasteiger partial charge in [0.25, 0.3) is 0 Å². The first kappa shape index (κ1) is 15.8. The smallest absolute Gasteiger partial charge is 0.234 e. The van der Waals surface area contributed by atoms with E-state index < -0.39 is 0 Å². The van der Waals surface area contributed by atoms with Crippen molar-refractivity contribution < 1.29 is 14.3 Å². The third kappa shape index (κ3) is 3.51. The van der Waals surface area contributed by atoms with Crippen LogP contribution in [0, 0.1) is 0 Å². The molecule has 3 aliphatic rings. The SMILES string of the molecule is O=C(CN1CCC(c2ccc3c(c2)OCO3)CC1)NC1CCCC1. The summed E-state index contributed by atoms with van der Waals surface area (Å²) in [6.45, 7) is 2.84. The summed E-state index contributed by atoms with van der Waals surface area (Å²) < 4.78 is 10.9. The fraction of sp³-hybridized carbons (Fsp3) is 0.632. The van der Waals surface area contributed by atoms with Gasteiger partial charge in [0.1, 0.15) is 0 Å². The molecule has 0 bridgehead atoms. The van der Waals surface area contributed by atoms with Gasteiger partial charge in [0, 0.05) is 6.04 Å². The number of carbonyl (C=O) groups excluding carboxylic acids is 1. The van der Waals surface area contributed by atoms with Crippen molar-refractivity contribution in [1.29, 1.82) is 0 Å². The van der Waals surface area contributed by atoms with Gasteiger partial charge in [-0.05, 0) is 62.4 Å². The third-order valence-electron chi connectivity index (χ3n) is 5.54. The molecule has 1 amide bonds. The molecule has 5 nitrogen and oxygen atoms in total. The molecule has 2 fully saturated rings. The summed E-state index contributed by atoms with van der Waals surface area (Å²) in [7, 11) is 0. The number of rotatable bonds is 4. The van der Waals surface area contributed by atoms with Crippen LogP contribution in [0.2, 0.25) is 0 Å². The van der Waals surface area contributed by atoms with Crippen molar-refractivity contribution in [1.82, 2.24) is 10.2 Å². The fourth-order valence-electron chi connectivity index (χ4n) is 4.14. The number of hydrogen-bond donors (Lipinski definition) is 1. The van der Waals surface area contributed by atoms with Crippen LogP contribution < -0.4 is 14.8 Å². The summed E-state index contributed by atoms with van der Waals surface area (Å²) in [4.78, 5) is 14.4. The van der Waals surface area contributed by atoms with Crippen LogP contribution in [0.3, 0.4) is 0 Å². The lowest BCUT2D eigenvalue weighted by Gasteiger charge is -2.32. The summed E-state index contributed by atoms with van der Waals surface area (Å²) in [6, 6.07) is 6.71. The minimum Gasteiger partial charge on any atom is -0.454 e. The summed E-state index contributed by atoms with van der Waals surface area (Å²) in [5.74, 6) is 2.46. The van der Waals surface area contributed by atoms with E-state index in [0.29, 0.717) is 25.3 Å². The van der Waals surface area contributed by atoms with Gasteiger partial charge in [-0.2, -0.15) is 0 Å². The maximum Gasteiger partial charge on any atom is 0.234 e. The molecule has 1 saturated carbocycles. The highest BCUT2D eigenvalue weighted by molar-refractivity contribution is 5.78. The second kappa shape index (κ2) is 7.01. The first-order valence-corrected chi connectivity index (χ1v) is 9.19. The Kier molecular flexibility index (Phi) is 4.60. The van der Waals surface area contributed by atoms with Crippen LogP contribution in [0.4, 0.5) is 0 Å². The van der Waals surface area contributed by atoms with Crippen LogP contribution in [0.25, 0.3) is 0 Å². The second-order valence-electron chi connectivity index (χ2n) is 7.21. The zero-order chi connectivity index (χ0) is 16.4. The van der Waals surface area contributed by atoms with Crippen LogP contribution in [0.15, 0.2) is 18.2 Å². The monoisotopic (exact) mass is 330 g/mol. The van der Waals surface area contributed by atoms with E-state index in [4.69, 9.17) is 9.47 Å². The quantitative estimate of drug-likeness (QED) is 0.922. The Hall–Kier alpha value is -1.75. The predicted octanol–water partition coefficient (Wildman–Crippen LogP) is 2.65. The van der Waals surface area contributed by atoms with Gasteiger partial charge in [0.2, 0.25) is 12.7 Å². The van der Waals surface area contributed by atoms with E-state index in [1.165, 1.54) is 18.4 Å². The normalized spacial score (nSPS) is 22.0. The van der Waals surface area contributed by atoms with E-state index in [0.717, 1.165) is 50.3 Å². The Morgan fingerprint density at radius 3 is 2.62 bits per heavy atom. The van der Waals surface area contributed by atoms with E-state index in [9.17, 15) is 4.79 Å². The average Bonchev–Trinajstić information content (AvgIpc) is 3.26. The maximum absolute atomic E-state index is 12.2. The van der Waals surface area contributed by atoms with E-state index >= 15 is 0 Å². The average molecular weight is 330 g/mol. The highest BCUT2D eigenvalue weighted by Crippen LogP contribution is 2.37. The summed E-state index contributed by atoms with van der Waals surface area (Å²) in [5.41, 5.74) is 1.33. The molecule has 0 spiro atoms. The molecule has 2 aliphatic heterocycles. The molecule has 24 heavy (non-hydrogen) atoms. The third-order valence-corrected chi connectivity index (χ3v) is 5.54. The van der Waals surface area contributed by atoms with Crippen LogP contribution in [-0.2, 0) is 4.79 Å². The van der Waals surface area contributed by atoms with E-state index in [1.807, 2.05) is 6.07 Å².